The molecule has 0 spiro atoms. The lowest BCUT2D eigenvalue weighted by molar-refractivity contribution is 0.0995. The lowest BCUT2D eigenvalue weighted by atomic mass is 10.3. The molecule has 0 unspecified atom stereocenters. The van der Waals surface area contributed by atoms with Crippen molar-refractivity contribution in [2.45, 2.75) is 6.92 Å². The van der Waals surface area contributed by atoms with Crippen molar-refractivity contribution < 1.29 is 18.7 Å². The van der Waals surface area contributed by atoms with Gasteiger partial charge in [-0.15, -0.1) is 11.3 Å². The Kier molecular flexibility index (Phi) is 5.15. The summed E-state index contributed by atoms with van der Waals surface area (Å²) >= 11 is 1.19. The van der Waals surface area contributed by atoms with Crippen molar-refractivity contribution in [1.82, 2.24) is 0 Å². The molecule has 2 amide bonds. The third-order valence-corrected chi connectivity index (χ3v) is 4.23. The van der Waals surface area contributed by atoms with Gasteiger partial charge in [0, 0.05) is 5.69 Å². The van der Waals surface area contributed by atoms with Crippen molar-refractivity contribution in [3.05, 3.63) is 65.4 Å². The number of anilines is 2. The number of nitrogens with one attached hydrogen (secondary N) is 2. The molecule has 0 fully saturated rings. The van der Waals surface area contributed by atoms with Crippen LogP contribution >= 0.6 is 11.3 Å². The molecule has 3 rings (SSSR count). The third kappa shape index (κ3) is 4.27. The van der Waals surface area contributed by atoms with E-state index in [-0.39, 0.29) is 17.6 Å². The number of ether oxygens (including phenoxy) is 1. The molecule has 1 aromatic carbocycles. The average molecular weight is 356 g/mol. The fraction of sp³-hybridized carbons (Fsp3) is 0.111. The number of thiophene rings is 1. The standard InChI is InChI=1S/C18H16N2O4S/c1-2-23-13-7-5-12(6-8-13)19-18(22)15-9-10-16(25-15)20-17(21)14-4-3-11-24-14/h3-11H,2H2,1H3,(H,19,22)(H,20,21). The van der Waals surface area contributed by atoms with Crippen molar-refractivity contribution in [2.75, 3.05) is 17.2 Å². The van der Waals surface area contributed by atoms with Gasteiger partial charge >= 0.3 is 0 Å². The second-order valence-corrected chi connectivity index (χ2v) is 6.09. The normalized spacial score (nSPS) is 10.3. The van der Waals surface area contributed by atoms with E-state index in [2.05, 4.69) is 10.6 Å². The smallest absolute Gasteiger partial charge is 0.291 e. The van der Waals surface area contributed by atoms with E-state index in [4.69, 9.17) is 9.15 Å². The number of hydrogen-bond acceptors (Lipinski definition) is 5. The number of benzene rings is 1. The zero-order valence-electron chi connectivity index (χ0n) is 13.4. The molecule has 7 heteroatoms. The van der Waals surface area contributed by atoms with Gasteiger partial charge in [-0.2, -0.15) is 0 Å². The molecule has 0 aliphatic heterocycles. The summed E-state index contributed by atoms with van der Waals surface area (Å²) in [7, 11) is 0. The lowest BCUT2D eigenvalue weighted by Crippen LogP contribution is -2.10. The first kappa shape index (κ1) is 16.8. The molecule has 2 N–H and O–H groups in total. The van der Waals surface area contributed by atoms with Crippen LogP contribution in [-0.4, -0.2) is 18.4 Å². The van der Waals surface area contributed by atoms with Crippen LogP contribution in [0.15, 0.2) is 59.2 Å². The first-order chi connectivity index (χ1) is 12.2. The van der Waals surface area contributed by atoms with Crippen molar-refractivity contribution >= 4 is 33.8 Å². The van der Waals surface area contributed by atoms with Crippen LogP contribution in [0, 0.1) is 0 Å². The number of amides is 2. The number of hydrogen-bond donors (Lipinski definition) is 2. The summed E-state index contributed by atoms with van der Waals surface area (Å²) in [5, 5.41) is 6.07. The molecule has 25 heavy (non-hydrogen) atoms. The number of carbonyl (C=O) groups excluding carboxylic acids is 2. The molecule has 0 bridgehead atoms. The maximum absolute atomic E-state index is 12.3. The van der Waals surface area contributed by atoms with E-state index >= 15 is 0 Å². The number of rotatable bonds is 6. The van der Waals surface area contributed by atoms with Gasteiger partial charge in [0.05, 0.1) is 22.7 Å². The van der Waals surface area contributed by atoms with Gasteiger partial charge in [-0.05, 0) is 55.5 Å². The van der Waals surface area contributed by atoms with Crippen LogP contribution in [0.3, 0.4) is 0 Å². The van der Waals surface area contributed by atoms with Gasteiger partial charge < -0.3 is 19.8 Å². The van der Waals surface area contributed by atoms with Crippen LogP contribution in [0.4, 0.5) is 10.7 Å². The molecule has 0 radical (unpaired) electrons. The minimum Gasteiger partial charge on any atom is -0.494 e. The van der Waals surface area contributed by atoms with Crippen molar-refractivity contribution in [3.63, 3.8) is 0 Å². The Labute approximate surface area is 148 Å². The second kappa shape index (κ2) is 7.67. The van der Waals surface area contributed by atoms with E-state index in [1.807, 2.05) is 6.92 Å². The molecule has 0 saturated carbocycles. The first-order valence-electron chi connectivity index (χ1n) is 7.64. The van der Waals surface area contributed by atoms with Gasteiger partial charge in [0.2, 0.25) is 0 Å². The second-order valence-electron chi connectivity index (χ2n) is 5.01. The van der Waals surface area contributed by atoms with Crippen LogP contribution in [0.2, 0.25) is 0 Å². The summed E-state index contributed by atoms with van der Waals surface area (Å²) in [6.45, 7) is 2.50. The molecule has 2 heterocycles. The summed E-state index contributed by atoms with van der Waals surface area (Å²) in [6, 6.07) is 13.7. The Morgan fingerprint density at radius 1 is 1.04 bits per heavy atom. The molecule has 3 aromatic rings. The van der Waals surface area contributed by atoms with Crippen molar-refractivity contribution in [3.8, 4) is 5.75 Å². The highest BCUT2D eigenvalue weighted by atomic mass is 32.1. The fourth-order valence-corrected chi connectivity index (χ4v) is 2.90. The Hall–Kier alpha value is -3.06. The summed E-state index contributed by atoms with van der Waals surface area (Å²) in [6.07, 6.45) is 1.43. The predicted molar refractivity (Wildman–Crippen MR) is 96.5 cm³/mol. The Balaban J connectivity index is 1.61. The fourth-order valence-electron chi connectivity index (χ4n) is 2.10. The molecule has 2 aromatic heterocycles. The highest BCUT2D eigenvalue weighted by Crippen LogP contribution is 2.24. The monoisotopic (exact) mass is 356 g/mol. The lowest BCUT2D eigenvalue weighted by Gasteiger charge is -2.06. The molecule has 0 saturated heterocycles. The topological polar surface area (TPSA) is 80.6 Å². The zero-order valence-corrected chi connectivity index (χ0v) is 14.3. The Morgan fingerprint density at radius 2 is 1.84 bits per heavy atom. The summed E-state index contributed by atoms with van der Waals surface area (Å²) < 4.78 is 10.4. The minimum atomic E-state index is -0.356. The number of furan rings is 1. The maximum Gasteiger partial charge on any atom is 0.291 e. The summed E-state index contributed by atoms with van der Waals surface area (Å²) in [5.41, 5.74) is 0.669. The third-order valence-electron chi connectivity index (χ3n) is 3.23. The summed E-state index contributed by atoms with van der Waals surface area (Å²) in [5.74, 6) is 0.367. The van der Waals surface area contributed by atoms with Crippen LogP contribution in [-0.2, 0) is 0 Å². The van der Waals surface area contributed by atoms with Gasteiger partial charge in [-0.3, -0.25) is 9.59 Å². The molecular weight excluding hydrogens is 340 g/mol. The maximum atomic E-state index is 12.3. The van der Waals surface area contributed by atoms with E-state index in [1.54, 1.807) is 48.5 Å². The van der Waals surface area contributed by atoms with E-state index in [0.717, 1.165) is 5.75 Å². The SMILES string of the molecule is CCOc1ccc(NC(=O)c2ccc(NC(=O)c3ccco3)s2)cc1. The predicted octanol–water partition coefficient (Wildman–Crippen LogP) is 4.24. The van der Waals surface area contributed by atoms with Crippen LogP contribution in [0.1, 0.15) is 27.2 Å². The quantitative estimate of drug-likeness (QED) is 0.692. The van der Waals surface area contributed by atoms with Crippen molar-refractivity contribution in [1.29, 1.82) is 0 Å². The van der Waals surface area contributed by atoms with Crippen LogP contribution in [0.25, 0.3) is 0 Å². The largest absolute Gasteiger partial charge is 0.494 e. The Morgan fingerprint density at radius 3 is 2.52 bits per heavy atom. The van der Waals surface area contributed by atoms with E-state index in [1.165, 1.54) is 17.6 Å². The van der Waals surface area contributed by atoms with Gasteiger partial charge in [0.25, 0.3) is 11.8 Å². The molecule has 0 aliphatic carbocycles. The van der Waals surface area contributed by atoms with Gasteiger partial charge in [-0.25, -0.2) is 0 Å². The van der Waals surface area contributed by atoms with Gasteiger partial charge in [0.15, 0.2) is 5.76 Å². The molecule has 0 atom stereocenters. The highest BCUT2D eigenvalue weighted by Gasteiger charge is 2.13. The van der Waals surface area contributed by atoms with Gasteiger partial charge in [0.1, 0.15) is 5.75 Å². The molecule has 0 aliphatic rings. The van der Waals surface area contributed by atoms with E-state index < -0.39 is 0 Å². The van der Waals surface area contributed by atoms with E-state index in [9.17, 15) is 9.59 Å². The van der Waals surface area contributed by atoms with Crippen LogP contribution in [0.5, 0.6) is 5.75 Å². The molecular formula is C18H16N2O4S. The molecule has 6 nitrogen and oxygen atoms in total. The summed E-state index contributed by atoms with van der Waals surface area (Å²) in [4.78, 5) is 24.7. The highest BCUT2D eigenvalue weighted by molar-refractivity contribution is 7.18. The first-order valence-corrected chi connectivity index (χ1v) is 8.46. The van der Waals surface area contributed by atoms with Crippen LogP contribution < -0.4 is 15.4 Å². The van der Waals surface area contributed by atoms with Crippen molar-refractivity contribution in [2.24, 2.45) is 0 Å². The minimum absolute atomic E-state index is 0.216. The number of carbonyl (C=O) groups is 2. The average Bonchev–Trinajstić information content (AvgIpc) is 3.28. The Bertz CT molecular complexity index is 854. The van der Waals surface area contributed by atoms with Gasteiger partial charge in [-0.1, -0.05) is 0 Å². The zero-order chi connectivity index (χ0) is 17.6. The van der Waals surface area contributed by atoms with E-state index in [0.29, 0.717) is 22.2 Å². The molecule has 128 valence electrons.